The number of hydrogen-bond donors (Lipinski definition) is 2. The van der Waals surface area contributed by atoms with E-state index in [0.717, 1.165) is 24.7 Å². The molecule has 1 saturated heterocycles. The van der Waals surface area contributed by atoms with Crippen molar-refractivity contribution in [2.24, 2.45) is 5.92 Å². The molecule has 0 aromatic heterocycles. The van der Waals surface area contributed by atoms with Gasteiger partial charge in [-0.25, -0.2) is 0 Å². The average Bonchev–Trinajstić information content (AvgIpc) is 2.64. The number of para-hydroxylation sites is 1. The van der Waals surface area contributed by atoms with E-state index in [1.165, 1.54) is 12.8 Å². The quantitative estimate of drug-likeness (QED) is 0.843. The standard InChI is InChI=1S/C20H23N3O2/c1-15-11-13-23(14-12-15)18-9-7-17(8-10-18)22-20(25)19(24)21-16-5-3-2-4-6-16/h2-10,15H,11-14H2,1H3,(H,21,24)(H,22,25). The third-order valence-electron chi connectivity index (χ3n) is 4.51. The lowest BCUT2D eigenvalue weighted by molar-refractivity contribution is -0.132. The lowest BCUT2D eigenvalue weighted by Gasteiger charge is -2.32. The number of hydrogen-bond acceptors (Lipinski definition) is 3. The summed E-state index contributed by atoms with van der Waals surface area (Å²) in [6.07, 6.45) is 2.41. The van der Waals surface area contributed by atoms with Crippen molar-refractivity contribution >= 4 is 28.9 Å². The van der Waals surface area contributed by atoms with Crippen LogP contribution in [-0.4, -0.2) is 24.9 Å². The molecule has 2 N–H and O–H groups in total. The van der Waals surface area contributed by atoms with E-state index < -0.39 is 11.8 Å². The molecule has 0 unspecified atom stereocenters. The Bertz CT molecular complexity index is 720. The molecule has 2 aromatic carbocycles. The normalized spacial score (nSPS) is 14.8. The topological polar surface area (TPSA) is 61.4 Å². The van der Waals surface area contributed by atoms with E-state index in [1.807, 2.05) is 30.3 Å². The molecule has 2 aromatic rings. The van der Waals surface area contributed by atoms with Gasteiger partial charge in [-0.05, 0) is 55.2 Å². The van der Waals surface area contributed by atoms with Crippen molar-refractivity contribution in [2.45, 2.75) is 19.8 Å². The summed E-state index contributed by atoms with van der Waals surface area (Å²) in [5, 5.41) is 5.20. The molecule has 1 aliphatic heterocycles. The van der Waals surface area contributed by atoms with Crippen molar-refractivity contribution in [3.05, 3.63) is 54.6 Å². The number of nitrogens with one attached hydrogen (secondary N) is 2. The Morgan fingerprint density at radius 1 is 0.840 bits per heavy atom. The van der Waals surface area contributed by atoms with Crippen LogP contribution in [0.1, 0.15) is 19.8 Å². The van der Waals surface area contributed by atoms with Crippen LogP contribution in [0.25, 0.3) is 0 Å². The van der Waals surface area contributed by atoms with Crippen molar-refractivity contribution in [3.63, 3.8) is 0 Å². The molecule has 0 radical (unpaired) electrons. The highest BCUT2D eigenvalue weighted by atomic mass is 16.2. The summed E-state index contributed by atoms with van der Waals surface area (Å²) in [5.41, 5.74) is 2.36. The Balaban J connectivity index is 1.55. The van der Waals surface area contributed by atoms with Crippen LogP contribution in [-0.2, 0) is 9.59 Å². The minimum Gasteiger partial charge on any atom is -0.372 e. The van der Waals surface area contributed by atoms with Gasteiger partial charge in [0.05, 0.1) is 0 Å². The highest BCUT2D eigenvalue weighted by molar-refractivity contribution is 6.43. The Kier molecular flexibility index (Phi) is 5.33. The third-order valence-corrected chi connectivity index (χ3v) is 4.51. The van der Waals surface area contributed by atoms with Gasteiger partial charge >= 0.3 is 11.8 Å². The second kappa shape index (κ2) is 7.83. The van der Waals surface area contributed by atoms with Crippen molar-refractivity contribution < 1.29 is 9.59 Å². The van der Waals surface area contributed by atoms with Gasteiger partial charge in [-0.2, -0.15) is 0 Å². The number of carbonyl (C=O) groups is 2. The Hall–Kier alpha value is -2.82. The predicted octanol–water partition coefficient (Wildman–Crippen LogP) is 3.50. The van der Waals surface area contributed by atoms with Crippen LogP contribution >= 0.6 is 0 Å². The van der Waals surface area contributed by atoms with Crippen LogP contribution in [0.15, 0.2) is 54.6 Å². The summed E-state index contributed by atoms with van der Waals surface area (Å²) in [7, 11) is 0. The first-order chi connectivity index (χ1) is 12.1. The molecule has 1 heterocycles. The molecule has 1 fully saturated rings. The van der Waals surface area contributed by atoms with E-state index in [-0.39, 0.29) is 0 Å². The van der Waals surface area contributed by atoms with Crippen molar-refractivity contribution in [2.75, 3.05) is 28.6 Å². The maximum Gasteiger partial charge on any atom is 0.314 e. The molecule has 1 aliphatic rings. The van der Waals surface area contributed by atoms with E-state index in [1.54, 1.807) is 24.3 Å². The summed E-state index contributed by atoms with van der Waals surface area (Å²) in [4.78, 5) is 26.3. The zero-order chi connectivity index (χ0) is 17.6. The number of piperidine rings is 1. The van der Waals surface area contributed by atoms with Gasteiger partial charge in [0.1, 0.15) is 0 Å². The van der Waals surface area contributed by atoms with E-state index in [9.17, 15) is 9.59 Å². The van der Waals surface area contributed by atoms with Crippen molar-refractivity contribution in [1.29, 1.82) is 0 Å². The Labute approximate surface area is 148 Å². The van der Waals surface area contributed by atoms with Gasteiger partial charge in [0, 0.05) is 30.2 Å². The summed E-state index contributed by atoms with van der Waals surface area (Å²) >= 11 is 0. The zero-order valence-electron chi connectivity index (χ0n) is 14.4. The van der Waals surface area contributed by atoms with Crippen LogP contribution in [0.2, 0.25) is 0 Å². The molecule has 5 nitrogen and oxygen atoms in total. The van der Waals surface area contributed by atoms with E-state index >= 15 is 0 Å². The fourth-order valence-corrected chi connectivity index (χ4v) is 2.92. The fourth-order valence-electron chi connectivity index (χ4n) is 2.92. The maximum absolute atomic E-state index is 12.0. The molecule has 0 spiro atoms. The van der Waals surface area contributed by atoms with Gasteiger partial charge in [-0.1, -0.05) is 25.1 Å². The SMILES string of the molecule is CC1CCN(c2ccc(NC(=O)C(=O)Nc3ccccc3)cc2)CC1. The average molecular weight is 337 g/mol. The molecular formula is C20H23N3O2. The highest BCUT2D eigenvalue weighted by Crippen LogP contribution is 2.24. The van der Waals surface area contributed by atoms with E-state index in [2.05, 4.69) is 22.5 Å². The number of benzene rings is 2. The first-order valence-corrected chi connectivity index (χ1v) is 8.64. The molecule has 2 amide bonds. The number of anilines is 3. The number of nitrogens with zero attached hydrogens (tertiary/aromatic N) is 1. The third kappa shape index (κ3) is 4.59. The fraction of sp³-hybridized carbons (Fsp3) is 0.300. The molecule has 130 valence electrons. The lowest BCUT2D eigenvalue weighted by Crippen LogP contribution is -2.32. The van der Waals surface area contributed by atoms with Crippen LogP contribution in [0, 0.1) is 5.92 Å². The molecule has 0 saturated carbocycles. The summed E-state index contributed by atoms with van der Waals surface area (Å²) < 4.78 is 0. The van der Waals surface area contributed by atoms with Crippen LogP contribution < -0.4 is 15.5 Å². The van der Waals surface area contributed by atoms with Gasteiger partial charge in [0.2, 0.25) is 0 Å². The minimum absolute atomic E-state index is 0.595. The number of carbonyl (C=O) groups excluding carboxylic acids is 2. The first kappa shape index (κ1) is 17.0. The molecule has 0 bridgehead atoms. The smallest absolute Gasteiger partial charge is 0.314 e. The van der Waals surface area contributed by atoms with Gasteiger partial charge in [0.25, 0.3) is 0 Å². The van der Waals surface area contributed by atoms with Gasteiger partial charge in [-0.3, -0.25) is 9.59 Å². The largest absolute Gasteiger partial charge is 0.372 e. The lowest BCUT2D eigenvalue weighted by atomic mass is 9.99. The second-order valence-corrected chi connectivity index (χ2v) is 6.49. The molecule has 0 atom stereocenters. The van der Waals surface area contributed by atoms with E-state index in [0.29, 0.717) is 11.4 Å². The highest BCUT2D eigenvalue weighted by Gasteiger charge is 2.17. The minimum atomic E-state index is -0.680. The van der Waals surface area contributed by atoms with Gasteiger partial charge < -0.3 is 15.5 Å². The zero-order valence-corrected chi connectivity index (χ0v) is 14.4. The van der Waals surface area contributed by atoms with Crippen molar-refractivity contribution in [3.8, 4) is 0 Å². The second-order valence-electron chi connectivity index (χ2n) is 6.49. The molecule has 0 aliphatic carbocycles. The van der Waals surface area contributed by atoms with Gasteiger partial charge in [0.15, 0.2) is 0 Å². The molecular weight excluding hydrogens is 314 g/mol. The van der Waals surface area contributed by atoms with Crippen molar-refractivity contribution in [1.82, 2.24) is 0 Å². The van der Waals surface area contributed by atoms with Gasteiger partial charge in [-0.15, -0.1) is 0 Å². The molecule has 3 rings (SSSR count). The summed E-state index contributed by atoms with van der Waals surface area (Å²) in [6.45, 7) is 4.41. The first-order valence-electron chi connectivity index (χ1n) is 8.64. The monoisotopic (exact) mass is 337 g/mol. The number of rotatable bonds is 3. The van der Waals surface area contributed by atoms with E-state index in [4.69, 9.17) is 0 Å². The Morgan fingerprint density at radius 2 is 1.36 bits per heavy atom. The molecule has 25 heavy (non-hydrogen) atoms. The van der Waals surface area contributed by atoms with Crippen LogP contribution in [0.5, 0.6) is 0 Å². The predicted molar refractivity (Wildman–Crippen MR) is 101 cm³/mol. The summed E-state index contributed by atoms with van der Waals surface area (Å²) in [6, 6.07) is 16.6. The molecule has 5 heteroatoms. The van der Waals surface area contributed by atoms with Crippen LogP contribution in [0.3, 0.4) is 0 Å². The summed E-state index contributed by atoms with van der Waals surface area (Å²) in [5.74, 6) is -0.568. The maximum atomic E-state index is 12.0. The Morgan fingerprint density at radius 3 is 1.92 bits per heavy atom. The van der Waals surface area contributed by atoms with Crippen LogP contribution in [0.4, 0.5) is 17.1 Å². The number of amides is 2.